The second kappa shape index (κ2) is 7.73. The van der Waals surface area contributed by atoms with Crippen molar-refractivity contribution in [2.75, 3.05) is 6.61 Å². The third-order valence-electron chi connectivity index (χ3n) is 3.48. The lowest BCUT2D eigenvalue weighted by Gasteiger charge is -2.10. The second-order valence-corrected chi connectivity index (χ2v) is 5.73. The molecular formula is C17H23N3O2. The van der Waals surface area contributed by atoms with Crippen LogP contribution >= 0.6 is 0 Å². The van der Waals surface area contributed by atoms with E-state index in [2.05, 4.69) is 23.3 Å². The Balaban J connectivity index is 1.79. The Hall–Kier alpha value is -2.17. The molecule has 0 N–H and O–H groups in total. The molecule has 0 radical (unpaired) electrons. The minimum Gasteiger partial charge on any atom is -0.494 e. The maximum Gasteiger partial charge on any atom is 0.172 e. The standard InChI is InChI=1S/C17H23N3O2/c1-13(2)17-16(12-21)18-19-20(17)9-4-5-10-22-15-8-6-7-14(3)11-15/h6-8,11-13H,4-5,9-10H2,1-3H3. The zero-order chi connectivity index (χ0) is 15.9. The first-order valence-electron chi connectivity index (χ1n) is 7.70. The summed E-state index contributed by atoms with van der Waals surface area (Å²) in [5.41, 5.74) is 2.56. The average molecular weight is 301 g/mol. The van der Waals surface area contributed by atoms with E-state index in [0.717, 1.165) is 37.1 Å². The zero-order valence-electron chi connectivity index (χ0n) is 13.5. The second-order valence-electron chi connectivity index (χ2n) is 5.73. The number of aldehydes is 1. The summed E-state index contributed by atoms with van der Waals surface area (Å²) in [7, 11) is 0. The van der Waals surface area contributed by atoms with Gasteiger partial charge in [-0.05, 0) is 43.4 Å². The molecule has 0 saturated carbocycles. The Morgan fingerprint density at radius 2 is 2.14 bits per heavy atom. The van der Waals surface area contributed by atoms with Gasteiger partial charge in [0.25, 0.3) is 0 Å². The molecule has 0 aliphatic carbocycles. The summed E-state index contributed by atoms with van der Waals surface area (Å²) in [6.07, 6.45) is 2.65. The van der Waals surface area contributed by atoms with Crippen LogP contribution in [-0.4, -0.2) is 27.9 Å². The molecule has 2 rings (SSSR count). The predicted octanol–water partition coefficient (Wildman–Crippen LogP) is 3.38. The number of unbranched alkanes of at least 4 members (excludes halogenated alkanes) is 1. The SMILES string of the molecule is Cc1cccc(OCCCCn2nnc(C=O)c2C(C)C)c1. The summed E-state index contributed by atoms with van der Waals surface area (Å²) in [6.45, 7) is 7.57. The van der Waals surface area contributed by atoms with E-state index in [1.165, 1.54) is 5.56 Å². The van der Waals surface area contributed by atoms with E-state index in [4.69, 9.17) is 4.74 Å². The number of carbonyl (C=O) groups excluding carboxylic acids is 1. The van der Waals surface area contributed by atoms with Crippen LogP contribution in [0.1, 0.15) is 54.4 Å². The fourth-order valence-corrected chi connectivity index (χ4v) is 2.44. The molecular weight excluding hydrogens is 278 g/mol. The van der Waals surface area contributed by atoms with Gasteiger partial charge in [0.15, 0.2) is 6.29 Å². The fourth-order valence-electron chi connectivity index (χ4n) is 2.44. The number of hydrogen-bond donors (Lipinski definition) is 0. The molecule has 0 bridgehead atoms. The number of rotatable bonds is 8. The highest BCUT2D eigenvalue weighted by atomic mass is 16.5. The lowest BCUT2D eigenvalue weighted by atomic mass is 10.1. The normalized spacial score (nSPS) is 10.9. The molecule has 0 saturated heterocycles. The number of hydrogen-bond acceptors (Lipinski definition) is 4. The summed E-state index contributed by atoms with van der Waals surface area (Å²) in [4.78, 5) is 11.0. The average Bonchev–Trinajstić information content (AvgIpc) is 2.90. The molecule has 22 heavy (non-hydrogen) atoms. The molecule has 118 valence electrons. The monoisotopic (exact) mass is 301 g/mol. The van der Waals surface area contributed by atoms with E-state index in [-0.39, 0.29) is 5.92 Å². The molecule has 1 aromatic carbocycles. The Labute approximate surface area is 131 Å². The Morgan fingerprint density at radius 3 is 2.82 bits per heavy atom. The van der Waals surface area contributed by atoms with Crippen LogP contribution < -0.4 is 4.74 Å². The van der Waals surface area contributed by atoms with Gasteiger partial charge in [-0.1, -0.05) is 31.2 Å². The number of aromatic nitrogens is 3. The van der Waals surface area contributed by atoms with E-state index < -0.39 is 0 Å². The maximum atomic E-state index is 11.0. The van der Waals surface area contributed by atoms with Crippen LogP contribution in [0.2, 0.25) is 0 Å². The van der Waals surface area contributed by atoms with Crippen LogP contribution in [-0.2, 0) is 6.54 Å². The topological polar surface area (TPSA) is 57.0 Å². The number of benzene rings is 1. The van der Waals surface area contributed by atoms with Crippen LogP contribution in [0.25, 0.3) is 0 Å². The van der Waals surface area contributed by atoms with E-state index in [0.29, 0.717) is 12.3 Å². The van der Waals surface area contributed by atoms with E-state index in [1.807, 2.05) is 36.7 Å². The minimum absolute atomic E-state index is 0.235. The fraction of sp³-hybridized carbons (Fsp3) is 0.471. The lowest BCUT2D eigenvalue weighted by Crippen LogP contribution is -2.09. The Morgan fingerprint density at radius 1 is 1.32 bits per heavy atom. The number of aryl methyl sites for hydroxylation is 2. The smallest absolute Gasteiger partial charge is 0.172 e. The van der Waals surface area contributed by atoms with Gasteiger partial charge in [0.05, 0.1) is 12.3 Å². The van der Waals surface area contributed by atoms with Gasteiger partial charge in [-0.2, -0.15) is 0 Å². The quantitative estimate of drug-likeness (QED) is 0.554. The van der Waals surface area contributed by atoms with Crippen LogP contribution in [0.15, 0.2) is 24.3 Å². The zero-order valence-corrected chi connectivity index (χ0v) is 13.5. The lowest BCUT2D eigenvalue weighted by molar-refractivity contribution is 0.111. The first-order valence-corrected chi connectivity index (χ1v) is 7.70. The minimum atomic E-state index is 0.235. The molecule has 1 heterocycles. The number of ether oxygens (including phenoxy) is 1. The van der Waals surface area contributed by atoms with Gasteiger partial charge in [0.2, 0.25) is 0 Å². The molecule has 0 atom stereocenters. The summed E-state index contributed by atoms with van der Waals surface area (Å²) in [5.74, 6) is 1.14. The van der Waals surface area contributed by atoms with Crippen LogP contribution in [0.3, 0.4) is 0 Å². The van der Waals surface area contributed by atoms with Crippen molar-refractivity contribution < 1.29 is 9.53 Å². The largest absolute Gasteiger partial charge is 0.494 e. The molecule has 0 aliphatic rings. The molecule has 5 heteroatoms. The predicted molar refractivity (Wildman–Crippen MR) is 85.4 cm³/mol. The van der Waals surface area contributed by atoms with Crippen LogP contribution in [0.5, 0.6) is 5.75 Å². The molecule has 5 nitrogen and oxygen atoms in total. The van der Waals surface area contributed by atoms with Gasteiger partial charge < -0.3 is 4.74 Å². The van der Waals surface area contributed by atoms with E-state index >= 15 is 0 Å². The van der Waals surface area contributed by atoms with Crippen molar-refractivity contribution >= 4 is 6.29 Å². The van der Waals surface area contributed by atoms with Gasteiger partial charge in [0.1, 0.15) is 11.4 Å². The molecule has 0 aliphatic heterocycles. The highest BCUT2D eigenvalue weighted by Crippen LogP contribution is 2.17. The van der Waals surface area contributed by atoms with Crippen molar-refractivity contribution in [1.29, 1.82) is 0 Å². The molecule has 2 aromatic rings. The third kappa shape index (κ3) is 4.16. The van der Waals surface area contributed by atoms with Crippen LogP contribution in [0.4, 0.5) is 0 Å². The highest BCUT2D eigenvalue weighted by Gasteiger charge is 2.15. The van der Waals surface area contributed by atoms with Gasteiger partial charge in [-0.25, -0.2) is 4.68 Å². The first kappa shape index (κ1) is 16.2. The summed E-state index contributed by atoms with van der Waals surface area (Å²) < 4.78 is 7.56. The van der Waals surface area contributed by atoms with Crippen molar-refractivity contribution in [3.8, 4) is 5.75 Å². The summed E-state index contributed by atoms with van der Waals surface area (Å²) in [6, 6.07) is 8.05. The van der Waals surface area contributed by atoms with Crippen molar-refractivity contribution in [1.82, 2.24) is 15.0 Å². The number of carbonyl (C=O) groups is 1. The highest BCUT2D eigenvalue weighted by molar-refractivity contribution is 5.73. The molecule has 0 spiro atoms. The van der Waals surface area contributed by atoms with Crippen molar-refractivity contribution in [3.63, 3.8) is 0 Å². The molecule has 1 aromatic heterocycles. The summed E-state index contributed by atoms with van der Waals surface area (Å²) >= 11 is 0. The summed E-state index contributed by atoms with van der Waals surface area (Å²) in [5, 5.41) is 8.00. The molecule has 0 unspecified atom stereocenters. The first-order chi connectivity index (χ1) is 10.6. The third-order valence-corrected chi connectivity index (χ3v) is 3.48. The van der Waals surface area contributed by atoms with Crippen molar-refractivity contribution in [3.05, 3.63) is 41.2 Å². The van der Waals surface area contributed by atoms with E-state index in [9.17, 15) is 4.79 Å². The molecule has 0 amide bonds. The van der Waals surface area contributed by atoms with Crippen molar-refractivity contribution in [2.24, 2.45) is 0 Å². The Kier molecular flexibility index (Phi) is 5.69. The van der Waals surface area contributed by atoms with Gasteiger partial charge >= 0.3 is 0 Å². The molecule has 0 fully saturated rings. The van der Waals surface area contributed by atoms with Gasteiger partial charge in [-0.15, -0.1) is 5.10 Å². The van der Waals surface area contributed by atoms with Gasteiger partial charge in [0, 0.05) is 6.54 Å². The number of nitrogens with zero attached hydrogens (tertiary/aromatic N) is 3. The van der Waals surface area contributed by atoms with Crippen molar-refractivity contribution in [2.45, 2.75) is 46.1 Å². The van der Waals surface area contributed by atoms with Gasteiger partial charge in [-0.3, -0.25) is 4.79 Å². The Bertz CT molecular complexity index is 620. The van der Waals surface area contributed by atoms with E-state index in [1.54, 1.807) is 0 Å². The van der Waals surface area contributed by atoms with Crippen LogP contribution in [0, 0.1) is 6.92 Å². The maximum absolute atomic E-state index is 11.0.